The molecule has 176 valence electrons. The van der Waals surface area contributed by atoms with E-state index in [4.69, 9.17) is 15.0 Å². The first-order valence-corrected chi connectivity index (χ1v) is 13.6. The lowest BCUT2D eigenvalue weighted by Gasteiger charge is -2.32. The summed E-state index contributed by atoms with van der Waals surface area (Å²) < 4.78 is 28.9. The smallest absolute Gasteiger partial charge is 0.209 e. The van der Waals surface area contributed by atoms with Crippen LogP contribution in [0.5, 0.6) is 0 Å². The van der Waals surface area contributed by atoms with Crippen LogP contribution in [0.25, 0.3) is 0 Å². The molecule has 0 saturated carbocycles. The second-order valence-corrected chi connectivity index (χ2v) is 10.5. The zero-order valence-corrected chi connectivity index (χ0v) is 20.5. The van der Waals surface area contributed by atoms with Gasteiger partial charge in [-0.15, -0.1) is 0 Å². The number of unbranched alkanes of at least 4 members (excludes halogenated alkanes) is 3. The Bertz CT molecular complexity index is 485. The first-order chi connectivity index (χ1) is 13.7. The topological polar surface area (TPSA) is 89.6 Å². The molecular weight excluding hydrogens is 386 g/mol. The van der Waals surface area contributed by atoms with Crippen LogP contribution in [0.2, 0.25) is 0 Å². The Hall–Kier alpha value is -0.170. The minimum absolute atomic E-state index is 0.0861. The van der Waals surface area contributed by atoms with Crippen LogP contribution in [-0.2, 0) is 14.8 Å². The summed E-state index contributed by atoms with van der Waals surface area (Å²) in [5, 5.41) is 14.3. The number of sulfonamides is 1. The highest BCUT2D eigenvalue weighted by Gasteiger charge is 2.30. The van der Waals surface area contributed by atoms with Crippen molar-refractivity contribution in [3.63, 3.8) is 0 Å². The minimum atomic E-state index is -3.43. The second kappa shape index (κ2) is 15.6. The zero-order valence-electron chi connectivity index (χ0n) is 19.7. The summed E-state index contributed by atoms with van der Waals surface area (Å²) in [7, 11) is -3.43. The van der Waals surface area contributed by atoms with Crippen molar-refractivity contribution in [3.05, 3.63) is 0 Å². The number of hydrogen-bond donors (Lipinski definition) is 2. The normalized spacial score (nSPS) is 13.2. The number of aliphatic hydroxyl groups is 1. The predicted octanol–water partition coefficient (Wildman–Crippen LogP) is 5.41. The lowest BCUT2D eigenvalue weighted by atomic mass is 9.74. The molecule has 0 aromatic rings. The van der Waals surface area contributed by atoms with E-state index in [1.54, 1.807) is 0 Å². The third-order valence-electron chi connectivity index (χ3n) is 7.11. The van der Waals surface area contributed by atoms with Crippen molar-refractivity contribution >= 4 is 10.0 Å². The molecule has 0 unspecified atom stereocenters. The average molecular weight is 436 g/mol. The van der Waals surface area contributed by atoms with E-state index in [1.165, 1.54) is 32.1 Å². The Balaban J connectivity index is 4.01. The van der Waals surface area contributed by atoms with Crippen molar-refractivity contribution in [3.8, 4) is 0 Å². The van der Waals surface area contributed by atoms with Crippen LogP contribution in [0.3, 0.4) is 0 Å². The average Bonchev–Trinajstić information content (AvgIpc) is 2.69. The van der Waals surface area contributed by atoms with Crippen LogP contribution in [-0.4, -0.2) is 39.1 Å². The van der Waals surface area contributed by atoms with Gasteiger partial charge in [-0.25, -0.2) is 13.6 Å². The van der Waals surface area contributed by atoms with Crippen molar-refractivity contribution < 1.29 is 18.3 Å². The van der Waals surface area contributed by atoms with E-state index in [1.807, 2.05) is 0 Å². The molecule has 5 nitrogen and oxygen atoms in total. The fraction of sp³-hybridized carbons (Fsp3) is 1.00. The summed E-state index contributed by atoms with van der Waals surface area (Å²) in [5.74, 6) is 0.0861. The molecule has 0 fully saturated rings. The number of rotatable bonds is 20. The summed E-state index contributed by atoms with van der Waals surface area (Å²) in [6.45, 7) is 10.6. The summed E-state index contributed by atoms with van der Waals surface area (Å²) in [6.07, 6.45) is 13.8. The van der Waals surface area contributed by atoms with Gasteiger partial charge in [0.1, 0.15) is 0 Å². The molecule has 0 aliphatic carbocycles. The molecule has 0 radical (unpaired) electrons. The molecule has 0 heterocycles. The van der Waals surface area contributed by atoms with Gasteiger partial charge in [-0.2, -0.15) is 0 Å². The van der Waals surface area contributed by atoms with Crippen molar-refractivity contribution in [2.24, 2.45) is 16.0 Å². The first kappa shape index (κ1) is 28.8. The lowest BCUT2D eigenvalue weighted by molar-refractivity contribution is 0.115. The molecule has 0 aromatic heterocycles. The monoisotopic (exact) mass is 435 g/mol. The van der Waals surface area contributed by atoms with Crippen LogP contribution < -0.4 is 5.14 Å². The number of aliphatic hydroxyl groups excluding tert-OH is 1. The van der Waals surface area contributed by atoms with Crippen LogP contribution in [0.1, 0.15) is 111 Å². The molecule has 0 amide bonds. The molecule has 6 heteroatoms. The molecule has 29 heavy (non-hydrogen) atoms. The third-order valence-corrected chi connectivity index (χ3v) is 8.13. The van der Waals surface area contributed by atoms with Gasteiger partial charge in [-0.3, -0.25) is 0 Å². The van der Waals surface area contributed by atoms with Gasteiger partial charge >= 0.3 is 0 Å². The Labute approximate surface area is 181 Å². The first-order valence-electron chi connectivity index (χ1n) is 11.9. The van der Waals surface area contributed by atoms with Gasteiger partial charge in [0, 0.05) is 19.8 Å². The van der Waals surface area contributed by atoms with E-state index >= 15 is 0 Å². The maximum absolute atomic E-state index is 11.5. The maximum atomic E-state index is 11.5. The summed E-state index contributed by atoms with van der Waals surface area (Å²) in [4.78, 5) is 0. The van der Waals surface area contributed by atoms with Gasteiger partial charge in [0.25, 0.3) is 0 Å². The van der Waals surface area contributed by atoms with Crippen molar-refractivity contribution in [2.75, 3.05) is 25.6 Å². The molecule has 3 N–H and O–H groups in total. The molecule has 0 saturated heterocycles. The van der Waals surface area contributed by atoms with Gasteiger partial charge in [0.05, 0.1) is 5.75 Å². The third kappa shape index (κ3) is 13.0. The Morgan fingerprint density at radius 3 is 1.52 bits per heavy atom. The highest BCUT2D eigenvalue weighted by molar-refractivity contribution is 7.89. The minimum Gasteiger partial charge on any atom is -0.396 e. The number of ether oxygens (including phenoxy) is 1. The molecule has 0 rings (SSSR count). The van der Waals surface area contributed by atoms with E-state index in [2.05, 4.69) is 27.7 Å². The lowest BCUT2D eigenvalue weighted by Crippen LogP contribution is -2.33. The SMILES string of the molecule is CCC(CC)(CCCCO)CCCCOCCCCC(CC)(CC)CS(N)(=O)=O. The van der Waals surface area contributed by atoms with Gasteiger partial charge in [-0.05, 0) is 62.2 Å². The number of hydrogen-bond acceptors (Lipinski definition) is 4. The van der Waals surface area contributed by atoms with E-state index in [9.17, 15) is 8.42 Å². The quantitative estimate of drug-likeness (QED) is 0.250. The summed E-state index contributed by atoms with van der Waals surface area (Å²) >= 11 is 0. The van der Waals surface area contributed by atoms with Crippen LogP contribution >= 0.6 is 0 Å². The van der Waals surface area contributed by atoms with E-state index in [0.717, 1.165) is 64.6 Å². The van der Waals surface area contributed by atoms with E-state index in [-0.39, 0.29) is 11.2 Å². The molecule has 0 spiro atoms. The fourth-order valence-electron chi connectivity index (χ4n) is 4.51. The Kier molecular flexibility index (Phi) is 15.5. The molecule has 0 atom stereocenters. The Morgan fingerprint density at radius 2 is 1.14 bits per heavy atom. The molecule has 0 aliphatic rings. The van der Waals surface area contributed by atoms with E-state index in [0.29, 0.717) is 12.0 Å². The van der Waals surface area contributed by atoms with Gasteiger partial charge in [0.2, 0.25) is 10.0 Å². The molecule has 0 aromatic carbocycles. The Morgan fingerprint density at radius 1 is 0.724 bits per heavy atom. The molecular formula is C23H49NO4S. The van der Waals surface area contributed by atoms with Crippen LogP contribution in [0.4, 0.5) is 0 Å². The predicted molar refractivity (Wildman–Crippen MR) is 123 cm³/mol. The molecule has 0 aliphatic heterocycles. The number of nitrogens with two attached hydrogens (primary N) is 1. The summed E-state index contributed by atoms with van der Waals surface area (Å²) in [6, 6.07) is 0. The number of primary sulfonamides is 1. The van der Waals surface area contributed by atoms with Crippen molar-refractivity contribution in [1.82, 2.24) is 0 Å². The van der Waals surface area contributed by atoms with Crippen molar-refractivity contribution in [1.29, 1.82) is 0 Å². The molecule has 0 bridgehead atoms. The summed E-state index contributed by atoms with van der Waals surface area (Å²) in [5.41, 5.74) is 0.245. The fourth-order valence-corrected chi connectivity index (χ4v) is 5.92. The van der Waals surface area contributed by atoms with Gasteiger partial charge < -0.3 is 9.84 Å². The van der Waals surface area contributed by atoms with Crippen molar-refractivity contribution in [2.45, 2.75) is 111 Å². The van der Waals surface area contributed by atoms with Gasteiger partial charge in [0.15, 0.2) is 0 Å². The standard InChI is InChI=1S/C23H49NO4S/c1-5-22(6-2,15-9-12-18-25)16-10-13-19-28-20-14-11-17-23(7-3,8-4)21-29(24,26)27/h25H,5-21H2,1-4H3,(H2,24,26,27). The highest BCUT2D eigenvalue weighted by Crippen LogP contribution is 2.38. The largest absolute Gasteiger partial charge is 0.396 e. The van der Waals surface area contributed by atoms with Crippen LogP contribution in [0.15, 0.2) is 0 Å². The van der Waals surface area contributed by atoms with Gasteiger partial charge in [-0.1, -0.05) is 59.8 Å². The highest BCUT2D eigenvalue weighted by atomic mass is 32.2. The second-order valence-electron chi connectivity index (χ2n) is 8.93. The van der Waals surface area contributed by atoms with E-state index < -0.39 is 10.0 Å². The maximum Gasteiger partial charge on any atom is 0.209 e. The zero-order chi connectivity index (χ0) is 22.2. The van der Waals surface area contributed by atoms with Crippen LogP contribution in [0, 0.1) is 10.8 Å².